The van der Waals surface area contributed by atoms with Gasteiger partial charge in [0.25, 0.3) is 5.92 Å². The average Bonchev–Trinajstić information content (AvgIpc) is 2.01. The monoisotopic (exact) mass is 228 g/mol. The van der Waals surface area contributed by atoms with Gasteiger partial charge in [-0.15, -0.1) is 0 Å². The van der Waals surface area contributed by atoms with Crippen LogP contribution >= 0.6 is 0 Å². The zero-order chi connectivity index (χ0) is 11.9. The van der Waals surface area contributed by atoms with Crippen LogP contribution in [0.15, 0.2) is 0 Å². The standard InChI is InChI=1S/C9H12F4O2/c1-7(10,11)8(6(14)15)2-4-9(12,13)5-3-8/h2-5H2,1H3,(H,14,15). The van der Waals surface area contributed by atoms with Gasteiger partial charge in [0.2, 0.25) is 5.92 Å². The molecule has 0 radical (unpaired) electrons. The van der Waals surface area contributed by atoms with Gasteiger partial charge in [0, 0.05) is 19.8 Å². The molecule has 1 saturated carbocycles. The van der Waals surface area contributed by atoms with E-state index in [0.29, 0.717) is 6.92 Å². The number of hydrogen-bond donors (Lipinski definition) is 1. The molecule has 0 amide bonds. The lowest BCUT2D eigenvalue weighted by atomic mass is 9.69. The molecule has 1 fully saturated rings. The van der Waals surface area contributed by atoms with E-state index in [1.807, 2.05) is 0 Å². The van der Waals surface area contributed by atoms with Crippen molar-refractivity contribution < 1.29 is 27.5 Å². The van der Waals surface area contributed by atoms with E-state index in [4.69, 9.17) is 5.11 Å². The molecule has 1 rings (SSSR count). The minimum atomic E-state index is -3.48. The molecule has 0 atom stereocenters. The summed E-state index contributed by atoms with van der Waals surface area (Å²) in [7, 11) is 0. The number of aliphatic carboxylic acids is 1. The summed E-state index contributed by atoms with van der Waals surface area (Å²) in [5, 5.41) is 8.77. The molecule has 0 aromatic rings. The molecule has 0 aromatic carbocycles. The summed E-state index contributed by atoms with van der Waals surface area (Å²) >= 11 is 0. The molecule has 0 unspecified atom stereocenters. The van der Waals surface area contributed by atoms with Crippen molar-refractivity contribution in [2.75, 3.05) is 0 Å². The molecule has 0 spiro atoms. The van der Waals surface area contributed by atoms with Crippen LogP contribution < -0.4 is 0 Å². The molecule has 1 aliphatic rings. The van der Waals surface area contributed by atoms with E-state index >= 15 is 0 Å². The van der Waals surface area contributed by atoms with E-state index in [1.54, 1.807) is 0 Å². The Morgan fingerprint density at radius 3 is 1.87 bits per heavy atom. The van der Waals surface area contributed by atoms with Crippen LogP contribution in [0.5, 0.6) is 0 Å². The number of carboxylic acid groups (broad SMARTS) is 1. The van der Waals surface area contributed by atoms with Gasteiger partial charge in [-0.3, -0.25) is 4.79 Å². The van der Waals surface area contributed by atoms with E-state index in [-0.39, 0.29) is 0 Å². The SMILES string of the molecule is CC(F)(F)C1(C(=O)O)CCC(F)(F)CC1. The lowest BCUT2D eigenvalue weighted by Crippen LogP contribution is -2.50. The molecule has 0 heterocycles. The minimum Gasteiger partial charge on any atom is -0.481 e. The van der Waals surface area contributed by atoms with Gasteiger partial charge in [-0.05, 0) is 12.8 Å². The molecule has 1 N–H and O–H groups in total. The third kappa shape index (κ3) is 2.08. The zero-order valence-electron chi connectivity index (χ0n) is 8.20. The van der Waals surface area contributed by atoms with Crippen LogP contribution in [-0.4, -0.2) is 22.9 Å². The second-order valence-corrected chi connectivity index (χ2v) is 4.13. The Bertz CT molecular complexity index is 260. The van der Waals surface area contributed by atoms with Crippen molar-refractivity contribution in [1.82, 2.24) is 0 Å². The summed E-state index contributed by atoms with van der Waals surface area (Å²) in [6, 6.07) is 0. The molecule has 15 heavy (non-hydrogen) atoms. The average molecular weight is 228 g/mol. The minimum absolute atomic E-state index is 0.477. The lowest BCUT2D eigenvalue weighted by Gasteiger charge is -2.40. The van der Waals surface area contributed by atoms with Crippen LogP contribution in [0.3, 0.4) is 0 Å². The first-order valence-electron chi connectivity index (χ1n) is 4.60. The van der Waals surface area contributed by atoms with E-state index < -0.39 is 48.9 Å². The van der Waals surface area contributed by atoms with Crippen molar-refractivity contribution in [1.29, 1.82) is 0 Å². The number of carboxylic acids is 1. The number of halogens is 4. The fourth-order valence-electron chi connectivity index (χ4n) is 1.88. The van der Waals surface area contributed by atoms with Crippen LogP contribution in [0.4, 0.5) is 17.6 Å². The molecule has 0 aliphatic heterocycles. The third-order valence-corrected chi connectivity index (χ3v) is 3.08. The second kappa shape index (κ2) is 3.35. The Morgan fingerprint density at radius 1 is 1.20 bits per heavy atom. The predicted octanol–water partition coefficient (Wildman–Crippen LogP) is 2.92. The molecule has 0 aromatic heterocycles. The first-order valence-corrected chi connectivity index (χ1v) is 4.60. The Kier molecular flexibility index (Phi) is 2.74. The maximum absolute atomic E-state index is 13.1. The van der Waals surface area contributed by atoms with E-state index in [1.165, 1.54) is 0 Å². The number of rotatable bonds is 2. The smallest absolute Gasteiger partial charge is 0.315 e. The lowest BCUT2D eigenvalue weighted by molar-refractivity contribution is -0.193. The largest absolute Gasteiger partial charge is 0.481 e. The molecule has 0 bridgehead atoms. The maximum Gasteiger partial charge on any atom is 0.315 e. The summed E-state index contributed by atoms with van der Waals surface area (Å²) < 4.78 is 51.8. The maximum atomic E-state index is 13.1. The van der Waals surface area contributed by atoms with Gasteiger partial charge in [0.1, 0.15) is 5.41 Å². The van der Waals surface area contributed by atoms with Gasteiger partial charge in [-0.1, -0.05) is 0 Å². The van der Waals surface area contributed by atoms with Crippen LogP contribution in [0.2, 0.25) is 0 Å². The number of carbonyl (C=O) groups is 1. The predicted molar refractivity (Wildman–Crippen MR) is 44.1 cm³/mol. The van der Waals surface area contributed by atoms with Crippen molar-refractivity contribution in [3.63, 3.8) is 0 Å². The Morgan fingerprint density at radius 2 is 1.60 bits per heavy atom. The topological polar surface area (TPSA) is 37.3 Å². The van der Waals surface area contributed by atoms with E-state index in [9.17, 15) is 22.4 Å². The second-order valence-electron chi connectivity index (χ2n) is 4.13. The molecule has 6 heteroatoms. The van der Waals surface area contributed by atoms with Crippen LogP contribution in [0.25, 0.3) is 0 Å². The fourth-order valence-corrected chi connectivity index (χ4v) is 1.88. The summed E-state index contributed by atoms with van der Waals surface area (Å²) in [6.45, 7) is 0.477. The van der Waals surface area contributed by atoms with E-state index in [0.717, 1.165) is 0 Å². The van der Waals surface area contributed by atoms with E-state index in [2.05, 4.69) is 0 Å². The van der Waals surface area contributed by atoms with Crippen LogP contribution in [-0.2, 0) is 4.79 Å². The van der Waals surface area contributed by atoms with Gasteiger partial charge in [0.15, 0.2) is 0 Å². The van der Waals surface area contributed by atoms with Gasteiger partial charge in [0.05, 0.1) is 0 Å². The van der Waals surface area contributed by atoms with Crippen LogP contribution in [0.1, 0.15) is 32.6 Å². The Hall–Kier alpha value is -0.810. The van der Waals surface area contributed by atoms with Crippen molar-refractivity contribution in [3.8, 4) is 0 Å². The highest BCUT2D eigenvalue weighted by Gasteiger charge is 2.59. The number of alkyl halides is 4. The first-order chi connectivity index (χ1) is 6.61. The summed E-state index contributed by atoms with van der Waals surface area (Å²) in [5.74, 6) is -8.18. The molecule has 2 nitrogen and oxygen atoms in total. The molecule has 1 aliphatic carbocycles. The highest BCUT2D eigenvalue weighted by molar-refractivity contribution is 5.76. The third-order valence-electron chi connectivity index (χ3n) is 3.08. The van der Waals surface area contributed by atoms with Crippen molar-refractivity contribution >= 4 is 5.97 Å². The van der Waals surface area contributed by atoms with Gasteiger partial charge < -0.3 is 5.11 Å². The highest BCUT2D eigenvalue weighted by atomic mass is 19.3. The Labute approximate surface area is 84.3 Å². The molecular formula is C9H12F4O2. The summed E-state index contributed by atoms with van der Waals surface area (Å²) in [4.78, 5) is 10.8. The molecular weight excluding hydrogens is 216 g/mol. The molecule has 0 saturated heterocycles. The zero-order valence-corrected chi connectivity index (χ0v) is 8.20. The highest BCUT2D eigenvalue weighted by Crippen LogP contribution is 2.51. The van der Waals surface area contributed by atoms with Crippen LogP contribution in [0, 0.1) is 5.41 Å². The van der Waals surface area contributed by atoms with Crippen molar-refractivity contribution in [3.05, 3.63) is 0 Å². The Balaban J connectivity index is 2.94. The van der Waals surface area contributed by atoms with Crippen molar-refractivity contribution in [2.24, 2.45) is 5.41 Å². The van der Waals surface area contributed by atoms with Crippen molar-refractivity contribution in [2.45, 2.75) is 44.5 Å². The van der Waals surface area contributed by atoms with Gasteiger partial charge >= 0.3 is 5.97 Å². The summed E-state index contributed by atoms with van der Waals surface area (Å²) in [6.07, 6.45) is -2.94. The number of hydrogen-bond acceptors (Lipinski definition) is 1. The van der Waals surface area contributed by atoms with Gasteiger partial charge in [-0.2, -0.15) is 0 Å². The fraction of sp³-hybridized carbons (Fsp3) is 0.889. The first kappa shape index (κ1) is 12.3. The molecule has 88 valence electrons. The summed E-state index contributed by atoms with van der Waals surface area (Å²) in [5.41, 5.74) is -2.32. The normalized spacial score (nSPS) is 24.9. The van der Waals surface area contributed by atoms with Gasteiger partial charge in [-0.25, -0.2) is 17.6 Å². The quantitative estimate of drug-likeness (QED) is 0.738.